The van der Waals surface area contributed by atoms with Crippen LogP contribution in [0, 0.1) is 6.92 Å². The van der Waals surface area contributed by atoms with Crippen molar-refractivity contribution in [1.29, 1.82) is 0 Å². The molecule has 3 aromatic rings. The number of methoxy groups -OCH3 is 2. The number of hydrogen-bond donors (Lipinski definition) is 1. The summed E-state index contributed by atoms with van der Waals surface area (Å²) in [5.41, 5.74) is 2.83. The first kappa shape index (κ1) is 20.7. The summed E-state index contributed by atoms with van der Waals surface area (Å²) in [6, 6.07) is 17.5. The summed E-state index contributed by atoms with van der Waals surface area (Å²) in [6.07, 6.45) is 2.39. The van der Waals surface area contributed by atoms with Gasteiger partial charge in [0, 0.05) is 17.6 Å². The zero-order chi connectivity index (χ0) is 20.6. The van der Waals surface area contributed by atoms with Crippen molar-refractivity contribution >= 4 is 17.7 Å². The Labute approximate surface area is 175 Å². The van der Waals surface area contributed by atoms with E-state index in [9.17, 15) is 4.79 Å². The Morgan fingerprint density at radius 1 is 1.03 bits per heavy atom. The SMILES string of the molecule is COc1ccc(CCNC(=O)c2cccnc2Sc2ccc(C)cc2)cc1OC. The number of amides is 1. The van der Waals surface area contributed by atoms with Crippen LogP contribution in [0.1, 0.15) is 21.5 Å². The predicted octanol–water partition coefficient (Wildman–Crippen LogP) is 4.53. The van der Waals surface area contributed by atoms with Gasteiger partial charge in [0.25, 0.3) is 5.91 Å². The molecule has 0 fully saturated rings. The second-order valence-corrected chi connectivity index (χ2v) is 7.53. The average Bonchev–Trinajstić information content (AvgIpc) is 2.75. The highest BCUT2D eigenvalue weighted by Gasteiger charge is 2.13. The smallest absolute Gasteiger partial charge is 0.254 e. The lowest BCUT2D eigenvalue weighted by molar-refractivity contribution is 0.0950. The maximum absolute atomic E-state index is 12.7. The largest absolute Gasteiger partial charge is 0.493 e. The monoisotopic (exact) mass is 408 g/mol. The lowest BCUT2D eigenvalue weighted by atomic mass is 10.1. The molecule has 0 atom stereocenters. The van der Waals surface area contributed by atoms with E-state index < -0.39 is 0 Å². The molecule has 1 heterocycles. The molecular weight excluding hydrogens is 384 g/mol. The van der Waals surface area contributed by atoms with E-state index in [0.29, 0.717) is 35.1 Å². The van der Waals surface area contributed by atoms with Crippen molar-refractivity contribution in [2.45, 2.75) is 23.3 Å². The van der Waals surface area contributed by atoms with Crippen LogP contribution in [0.3, 0.4) is 0 Å². The van der Waals surface area contributed by atoms with Gasteiger partial charge in [-0.15, -0.1) is 0 Å². The minimum absolute atomic E-state index is 0.131. The zero-order valence-corrected chi connectivity index (χ0v) is 17.6. The normalized spacial score (nSPS) is 10.4. The topological polar surface area (TPSA) is 60.5 Å². The molecule has 0 aliphatic rings. The number of nitrogens with one attached hydrogen (secondary N) is 1. The van der Waals surface area contributed by atoms with Crippen LogP contribution in [-0.2, 0) is 6.42 Å². The van der Waals surface area contributed by atoms with Gasteiger partial charge in [-0.25, -0.2) is 4.98 Å². The molecule has 0 unspecified atom stereocenters. The van der Waals surface area contributed by atoms with Gasteiger partial charge in [-0.1, -0.05) is 35.5 Å². The highest BCUT2D eigenvalue weighted by molar-refractivity contribution is 7.99. The van der Waals surface area contributed by atoms with Crippen LogP contribution in [0.2, 0.25) is 0 Å². The number of rotatable bonds is 8. The van der Waals surface area contributed by atoms with E-state index >= 15 is 0 Å². The Balaban J connectivity index is 1.63. The Kier molecular flexibility index (Phi) is 7.14. The molecule has 2 aromatic carbocycles. The number of carbonyl (C=O) groups excluding carboxylic acids is 1. The highest BCUT2D eigenvalue weighted by Crippen LogP contribution is 2.29. The summed E-state index contributed by atoms with van der Waals surface area (Å²) in [6.45, 7) is 2.56. The molecule has 150 valence electrons. The molecule has 1 amide bonds. The van der Waals surface area contributed by atoms with Crippen molar-refractivity contribution in [3.8, 4) is 11.5 Å². The molecule has 0 saturated carbocycles. The second-order valence-electron chi connectivity index (χ2n) is 6.47. The van der Waals surface area contributed by atoms with Crippen LogP contribution in [-0.4, -0.2) is 31.7 Å². The third kappa shape index (κ3) is 5.51. The van der Waals surface area contributed by atoms with E-state index in [0.717, 1.165) is 10.5 Å². The van der Waals surface area contributed by atoms with Gasteiger partial charge in [-0.3, -0.25) is 4.79 Å². The molecule has 0 spiro atoms. The minimum Gasteiger partial charge on any atom is -0.493 e. The minimum atomic E-state index is -0.131. The highest BCUT2D eigenvalue weighted by atomic mass is 32.2. The summed E-state index contributed by atoms with van der Waals surface area (Å²) >= 11 is 1.49. The second kappa shape index (κ2) is 9.98. The van der Waals surface area contributed by atoms with Gasteiger partial charge < -0.3 is 14.8 Å². The zero-order valence-electron chi connectivity index (χ0n) is 16.8. The predicted molar refractivity (Wildman–Crippen MR) is 115 cm³/mol. The summed E-state index contributed by atoms with van der Waals surface area (Å²) in [7, 11) is 3.22. The van der Waals surface area contributed by atoms with Crippen LogP contribution in [0.4, 0.5) is 0 Å². The molecule has 29 heavy (non-hydrogen) atoms. The third-order valence-corrected chi connectivity index (χ3v) is 5.43. The summed E-state index contributed by atoms with van der Waals surface area (Å²) in [5.74, 6) is 1.24. The van der Waals surface area contributed by atoms with E-state index in [1.54, 1.807) is 32.5 Å². The number of nitrogens with zero attached hydrogens (tertiary/aromatic N) is 1. The van der Waals surface area contributed by atoms with Crippen LogP contribution in [0.5, 0.6) is 11.5 Å². The van der Waals surface area contributed by atoms with Gasteiger partial charge in [0.05, 0.1) is 19.8 Å². The number of benzene rings is 2. The van der Waals surface area contributed by atoms with Gasteiger partial charge >= 0.3 is 0 Å². The van der Waals surface area contributed by atoms with Crippen LogP contribution >= 0.6 is 11.8 Å². The van der Waals surface area contributed by atoms with Crippen LogP contribution in [0.25, 0.3) is 0 Å². The van der Waals surface area contributed by atoms with E-state index in [1.807, 2.05) is 49.4 Å². The molecule has 0 saturated heterocycles. The lowest BCUT2D eigenvalue weighted by Gasteiger charge is -2.11. The third-order valence-electron chi connectivity index (χ3n) is 4.40. The van der Waals surface area contributed by atoms with Crippen LogP contribution in [0.15, 0.2) is 70.7 Å². The molecule has 0 aliphatic heterocycles. The standard InChI is InChI=1S/C23H24N2O3S/c1-16-6-9-18(10-7-16)29-23-19(5-4-13-25-23)22(26)24-14-12-17-8-11-20(27-2)21(15-17)28-3/h4-11,13,15H,12,14H2,1-3H3,(H,24,26). The quantitative estimate of drug-likeness (QED) is 0.593. The Morgan fingerprint density at radius 3 is 2.52 bits per heavy atom. The van der Waals surface area contributed by atoms with E-state index in [2.05, 4.69) is 10.3 Å². The van der Waals surface area contributed by atoms with E-state index in [-0.39, 0.29) is 5.91 Å². The average molecular weight is 409 g/mol. The van der Waals surface area contributed by atoms with Crippen LogP contribution < -0.4 is 14.8 Å². The van der Waals surface area contributed by atoms with Gasteiger partial charge in [0.1, 0.15) is 5.03 Å². The number of carbonyl (C=O) groups is 1. The Morgan fingerprint density at radius 2 is 1.79 bits per heavy atom. The number of hydrogen-bond acceptors (Lipinski definition) is 5. The number of aryl methyl sites for hydroxylation is 1. The maximum Gasteiger partial charge on any atom is 0.254 e. The molecule has 0 aliphatic carbocycles. The Bertz CT molecular complexity index is 974. The molecule has 0 bridgehead atoms. The van der Waals surface area contributed by atoms with Crippen molar-refractivity contribution < 1.29 is 14.3 Å². The molecule has 5 nitrogen and oxygen atoms in total. The molecular formula is C23H24N2O3S. The molecule has 1 N–H and O–H groups in total. The number of ether oxygens (including phenoxy) is 2. The molecule has 6 heteroatoms. The van der Waals surface area contributed by atoms with E-state index in [1.165, 1.54) is 17.3 Å². The van der Waals surface area contributed by atoms with Crippen molar-refractivity contribution in [3.63, 3.8) is 0 Å². The fourth-order valence-electron chi connectivity index (χ4n) is 2.81. The van der Waals surface area contributed by atoms with E-state index in [4.69, 9.17) is 9.47 Å². The first-order valence-electron chi connectivity index (χ1n) is 9.29. The summed E-state index contributed by atoms with van der Waals surface area (Å²) < 4.78 is 10.6. The van der Waals surface area contributed by atoms with Crippen molar-refractivity contribution in [1.82, 2.24) is 10.3 Å². The number of pyridine rings is 1. The summed E-state index contributed by atoms with van der Waals surface area (Å²) in [5, 5.41) is 3.68. The maximum atomic E-state index is 12.7. The molecule has 3 rings (SSSR count). The lowest BCUT2D eigenvalue weighted by Crippen LogP contribution is -2.26. The Hall–Kier alpha value is -2.99. The summed E-state index contributed by atoms with van der Waals surface area (Å²) in [4.78, 5) is 18.2. The van der Waals surface area contributed by atoms with Crippen molar-refractivity contribution in [2.24, 2.45) is 0 Å². The molecule has 1 aromatic heterocycles. The number of aromatic nitrogens is 1. The van der Waals surface area contributed by atoms with Gasteiger partial charge in [0.2, 0.25) is 0 Å². The first-order valence-corrected chi connectivity index (χ1v) is 10.1. The van der Waals surface area contributed by atoms with Gasteiger partial charge in [0.15, 0.2) is 11.5 Å². The fourth-order valence-corrected chi connectivity index (χ4v) is 3.69. The van der Waals surface area contributed by atoms with Crippen molar-refractivity contribution in [2.75, 3.05) is 20.8 Å². The fraction of sp³-hybridized carbons (Fsp3) is 0.217. The first-order chi connectivity index (χ1) is 14.1. The molecule has 0 radical (unpaired) electrons. The van der Waals surface area contributed by atoms with Gasteiger partial charge in [-0.2, -0.15) is 0 Å². The van der Waals surface area contributed by atoms with Gasteiger partial charge in [-0.05, 0) is 55.3 Å². The van der Waals surface area contributed by atoms with Crippen molar-refractivity contribution in [3.05, 3.63) is 77.5 Å².